The average molecular weight is 114 g/mol. The first kappa shape index (κ1) is 4.91. The fraction of sp³-hybridized carbons (Fsp3) is 0.400. The third-order valence-corrected chi connectivity index (χ3v) is 1.84. The van der Waals surface area contributed by atoms with E-state index in [1.165, 1.54) is 11.8 Å². The van der Waals surface area contributed by atoms with Crippen molar-refractivity contribution in [2.75, 3.05) is 5.75 Å². The summed E-state index contributed by atoms with van der Waals surface area (Å²) in [7, 11) is 0. The van der Waals surface area contributed by atoms with Crippen LogP contribution >= 0.6 is 11.8 Å². The zero-order valence-electron chi connectivity index (χ0n) is 4.10. The van der Waals surface area contributed by atoms with Crippen molar-refractivity contribution in [2.45, 2.75) is 6.92 Å². The second kappa shape index (κ2) is 1.70. The van der Waals surface area contributed by atoms with Crippen LogP contribution in [0.2, 0.25) is 0 Å². The van der Waals surface area contributed by atoms with Gasteiger partial charge in [0.25, 0.3) is 0 Å². The molecule has 0 unspecified atom stereocenters. The van der Waals surface area contributed by atoms with Gasteiger partial charge in [-0.2, -0.15) is 0 Å². The van der Waals surface area contributed by atoms with Gasteiger partial charge in [0.05, 0.1) is 0 Å². The maximum absolute atomic E-state index is 10.5. The minimum Gasteiger partial charge on any atom is -0.282 e. The Morgan fingerprint density at radius 1 is 1.86 bits per heavy atom. The molecular weight excluding hydrogens is 108 g/mol. The van der Waals surface area contributed by atoms with Crippen molar-refractivity contribution < 1.29 is 4.79 Å². The highest BCUT2D eigenvalue weighted by Gasteiger charge is 2.08. The van der Waals surface area contributed by atoms with Crippen molar-refractivity contribution in [1.29, 1.82) is 0 Å². The van der Waals surface area contributed by atoms with Crippen LogP contribution in [0.15, 0.2) is 11.6 Å². The fourth-order valence-corrected chi connectivity index (χ4v) is 1.24. The van der Waals surface area contributed by atoms with Gasteiger partial charge in [-0.15, -0.1) is 0 Å². The maximum atomic E-state index is 10.5. The summed E-state index contributed by atoms with van der Waals surface area (Å²) in [5, 5.41) is 0.236. The molecule has 0 aromatic rings. The molecule has 0 atom stereocenters. The zero-order valence-corrected chi connectivity index (χ0v) is 4.92. The van der Waals surface area contributed by atoms with Crippen LogP contribution in [-0.4, -0.2) is 10.9 Å². The van der Waals surface area contributed by atoms with Gasteiger partial charge in [0.2, 0.25) is 5.12 Å². The van der Waals surface area contributed by atoms with Crippen molar-refractivity contribution in [3.8, 4) is 0 Å². The Balaban J connectivity index is 2.72. The summed E-state index contributed by atoms with van der Waals surface area (Å²) in [5.74, 6) is 0.880. The lowest BCUT2D eigenvalue weighted by Gasteiger charge is -1.80. The van der Waals surface area contributed by atoms with Gasteiger partial charge in [0.1, 0.15) is 0 Å². The van der Waals surface area contributed by atoms with Crippen LogP contribution in [-0.2, 0) is 4.79 Å². The molecule has 0 aromatic heterocycles. The molecule has 1 aliphatic heterocycles. The Kier molecular flexibility index (Phi) is 1.19. The van der Waals surface area contributed by atoms with Gasteiger partial charge in [-0.25, -0.2) is 0 Å². The second-order valence-corrected chi connectivity index (χ2v) is 2.48. The topological polar surface area (TPSA) is 17.1 Å². The highest BCUT2D eigenvalue weighted by atomic mass is 32.2. The van der Waals surface area contributed by atoms with Crippen LogP contribution in [0.1, 0.15) is 6.92 Å². The van der Waals surface area contributed by atoms with Crippen molar-refractivity contribution in [3.63, 3.8) is 0 Å². The van der Waals surface area contributed by atoms with E-state index in [0.717, 1.165) is 11.3 Å². The molecule has 2 heteroatoms. The van der Waals surface area contributed by atoms with Crippen molar-refractivity contribution >= 4 is 16.9 Å². The van der Waals surface area contributed by atoms with E-state index in [-0.39, 0.29) is 5.12 Å². The van der Waals surface area contributed by atoms with E-state index in [2.05, 4.69) is 0 Å². The second-order valence-electron chi connectivity index (χ2n) is 1.49. The van der Waals surface area contributed by atoms with Gasteiger partial charge in [-0.3, -0.25) is 4.79 Å². The first-order valence-electron chi connectivity index (χ1n) is 2.14. The van der Waals surface area contributed by atoms with Crippen LogP contribution in [0.5, 0.6) is 0 Å². The van der Waals surface area contributed by atoms with Crippen LogP contribution in [0.3, 0.4) is 0 Å². The quantitative estimate of drug-likeness (QED) is 0.471. The summed E-state index contributed by atoms with van der Waals surface area (Å²) in [5.41, 5.74) is 0.907. The maximum Gasteiger partial charge on any atom is 0.215 e. The lowest BCUT2D eigenvalue weighted by atomic mass is 10.3. The molecule has 1 heterocycles. The molecule has 0 bridgehead atoms. The fourth-order valence-electron chi connectivity index (χ4n) is 0.440. The van der Waals surface area contributed by atoms with E-state index < -0.39 is 0 Å². The van der Waals surface area contributed by atoms with Crippen LogP contribution < -0.4 is 0 Å². The smallest absolute Gasteiger partial charge is 0.215 e. The third-order valence-electron chi connectivity index (χ3n) is 0.926. The number of carbonyl (C=O) groups excluding carboxylic acids is 1. The molecule has 7 heavy (non-hydrogen) atoms. The highest BCUT2D eigenvalue weighted by molar-refractivity contribution is 8.14. The Morgan fingerprint density at radius 3 is 2.71 bits per heavy atom. The standard InChI is InChI=1S/C5H6OS/c1-4-2-3-7-5(4)6/h2H,3H2,1H3. The van der Waals surface area contributed by atoms with E-state index in [0.29, 0.717) is 0 Å². The van der Waals surface area contributed by atoms with Gasteiger partial charge in [0.15, 0.2) is 0 Å². The summed E-state index contributed by atoms with van der Waals surface area (Å²) < 4.78 is 0. The highest BCUT2D eigenvalue weighted by Crippen LogP contribution is 2.17. The first-order chi connectivity index (χ1) is 3.30. The lowest BCUT2D eigenvalue weighted by Crippen LogP contribution is -1.82. The molecular formula is C5H6OS. The normalized spacial score (nSPS) is 20.1. The van der Waals surface area contributed by atoms with Crippen LogP contribution in [0.25, 0.3) is 0 Å². The molecule has 0 aliphatic carbocycles. The Morgan fingerprint density at radius 2 is 2.57 bits per heavy atom. The van der Waals surface area contributed by atoms with Gasteiger partial charge in [-0.1, -0.05) is 17.8 Å². The molecule has 1 rings (SSSR count). The lowest BCUT2D eigenvalue weighted by molar-refractivity contribution is -0.107. The molecule has 0 aromatic carbocycles. The summed E-state index contributed by atoms with van der Waals surface area (Å²) in [6.45, 7) is 1.85. The molecule has 38 valence electrons. The summed E-state index contributed by atoms with van der Waals surface area (Å²) >= 11 is 1.37. The molecule has 0 saturated carbocycles. The van der Waals surface area contributed by atoms with Gasteiger partial charge < -0.3 is 0 Å². The van der Waals surface area contributed by atoms with E-state index in [1.54, 1.807) is 0 Å². The predicted octanol–water partition coefficient (Wildman–Crippen LogP) is 1.21. The predicted molar refractivity (Wildman–Crippen MR) is 31.2 cm³/mol. The van der Waals surface area contributed by atoms with Crippen molar-refractivity contribution in [1.82, 2.24) is 0 Å². The molecule has 0 saturated heterocycles. The van der Waals surface area contributed by atoms with E-state index in [4.69, 9.17) is 0 Å². The van der Waals surface area contributed by atoms with E-state index >= 15 is 0 Å². The van der Waals surface area contributed by atoms with Crippen molar-refractivity contribution in [3.05, 3.63) is 11.6 Å². The summed E-state index contributed by atoms with van der Waals surface area (Å²) in [6.07, 6.45) is 1.95. The number of thioether (sulfide) groups is 1. The zero-order chi connectivity index (χ0) is 5.28. The molecule has 0 radical (unpaired) electrons. The molecule has 0 N–H and O–H groups in total. The van der Waals surface area contributed by atoms with Gasteiger partial charge >= 0.3 is 0 Å². The Hall–Kier alpha value is -0.240. The molecule has 0 fully saturated rings. The number of rotatable bonds is 0. The minimum atomic E-state index is 0.236. The Labute approximate surface area is 46.8 Å². The van der Waals surface area contributed by atoms with Crippen molar-refractivity contribution in [2.24, 2.45) is 0 Å². The van der Waals surface area contributed by atoms with Crippen LogP contribution in [0.4, 0.5) is 0 Å². The number of carbonyl (C=O) groups is 1. The molecule has 1 nitrogen and oxygen atoms in total. The van der Waals surface area contributed by atoms with Gasteiger partial charge in [-0.05, 0) is 6.92 Å². The minimum absolute atomic E-state index is 0.236. The largest absolute Gasteiger partial charge is 0.282 e. The summed E-state index contributed by atoms with van der Waals surface area (Å²) in [4.78, 5) is 10.5. The first-order valence-corrected chi connectivity index (χ1v) is 3.13. The molecule has 0 amide bonds. The van der Waals surface area contributed by atoms with Crippen LogP contribution in [0, 0.1) is 0 Å². The molecule has 1 aliphatic rings. The molecule has 0 spiro atoms. The Bertz CT molecular complexity index is 126. The summed E-state index contributed by atoms with van der Waals surface area (Å²) in [6, 6.07) is 0. The van der Waals surface area contributed by atoms with Gasteiger partial charge in [0, 0.05) is 11.3 Å². The van der Waals surface area contributed by atoms with E-state index in [9.17, 15) is 4.79 Å². The SMILES string of the molecule is CC1=CCSC1=O. The monoisotopic (exact) mass is 114 g/mol. The number of hydrogen-bond donors (Lipinski definition) is 0. The average Bonchev–Trinajstić information content (AvgIpc) is 1.91. The number of hydrogen-bond acceptors (Lipinski definition) is 2. The van der Waals surface area contributed by atoms with E-state index in [1.807, 2.05) is 13.0 Å². The third kappa shape index (κ3) is 0.855.